The summed E-state index contributed by atoms with van der Waals surface area (Å²) in [5.41, 5.74) is 3.04. The molecule has 0 radical (unpaired) electrons. The molecule has 2 saturated carbocycles. The molecule has 2 fully saturated rings. The lowest BCUT2D eigenvalue weighted by molar-refractivity contribution is -0.157. The highest BCUT2D eigenvalue weighted by molar-refractivity contribution is 6.31. The van der Waals surface area contributed by atoms with Crippen molar-refractivity contribution in [2.45, 2.75) is 91.6 Å². The molecule has 1 aromatic rings. The number of aryl methyl sites for hydroxylation is 1. The van der Waals surface area contributed by atoms with Crippen LogP contribution in [0, 0.1) is 22.7 Å². The first-order valence-corrected chi connectivity index (χ1v) is 13.0. The minimum Gasteiger partial charge on any atom is -0.481 e. The summed E-state index contributed by atoms with van der Waals surface area (Å²) in [6.07, 6.45) is 7.30. The number of carbonyl (C=O) groups is 2. The summed E-state index contributed by atoms with van der Waals surface area (Å²) < 4.78 is 0. The monoisotopic (exact) mass is 486 g/mol. The Kier molecular flexibility index (Phi) is 6.33. The number of benzene rings is 1. The Balaban J connectivity index is 1.53. The summed E-state index contributed by atoms with van der Waals surface area (Å²) >= 11 is 6.72. The third kappa shape index (κ3) is 4.60. The molecule has 186 valence electrons. The standard InChI is InChI=1S/C28H39ClN2O3/c1-17(2)22-16-31(21-14-28(15-21)12-19(13-28)24(32)33)25(34)30-27(22,6)20-8-7-18(23(29)11-20)9-10-26(3,4)5/h7-8,11,16-17,19,21H,9-10,12-15H2,1-6H3,(H,30,34)(H,32,33)/t19?,21?,27-,28?/m0/s1. The summed E-state index contributed by atoms with van der Waals surface area (Å²) in [5.74, 6) is -0.662. The van der Waals surface area contributed by atoms with Crippen LogP contribution in [-0.2, 0) is 16.8 Å². The Morgan fingerprint density at radius 3 is 2.41 bits per heavy atom. The molecule has 1 heterocycles. The van der Waals surface area contributed by atoms with Gasteiger partial charge in [0.2, 0.25) is 0 Å². The SMILES string of the molecule is CC(C)C1=CN(C2CC3(CC(C(=O)O)C3)C2)C(=O)N[C@@]1(C)c1ccc(CCC(C)(C)C)c(Cl)c1. The van der Waals surface area contributed by atoms with Gasteiger partial charge in [-0.1, -0.05) is 58.4 Å². The third-order valence-electron chi connectivity index (χ3n) is 8.28. The highest BCUT2D eigenvalue weighted by Crippen LogP contribution is 2.60. The molecule has 0 saturated heterocycles. The lowest BCUT2D eigenvalue weighted by Crippen LogP contribution is -2.62. The van der Waals surface area contributed by atoms with E-state index in [1.807, 2.05) is 11.0 Å². The predicted molar refractivity (Wildman–Crippen MR) is 136 cm³/mol. The number of nitrogens with zero attached hydrogens (tertiary/aromatic N) is 1. The summed E-state index contributed by atoms with van der Waals surface area (Å²) in [6.45, 7) is 13.1. The van der Waals surface area contributed by atoms with Gasteiger partial charge in [0.1, 0.15) is 0 Å². The number of hydrogen-bond acceptors (Lipinski definition) is 2. The maximum atomic E-state index is 13.3. The quantitative estimate of drug-likeness (QED) is 0.467. The highest BCUT2D eigenvalue weighted by Gasteiger charge is 2.57. The van der Waals surface area contributed by atoms with E-state index in [0.29, 0.717) is 0 Å². The number of amides is 2. The van der Waals surface area contributed by atoms with Gasteiger partial charge in [-0.25, -0.2) is 4.79 Å². The predicted octanol–water partition coefficient (Wildman–Crippen LogP) is 6.74. The minimum atomic E-state index is -0.689. The van der Waals surface area contributed by atoms with Gasteiger partial charge in [0.25, 0.3) is 0 Å². The molecule has 6 heteroatoms. The van der Waals surface area contributed by atoms with E-state index in [0.717, 1.165) is 60.2 Å². The zero-order valence-electron chi connectivity index (χ0n) is 21.4. The number of aliphatic carboxylic acids is 1. The van der Waals surface area contributed by atoms with Crippen LogP contribution < -0.4 is 5.32 Å². The Bertz CT molecular complexity index is 1010. The molecule has 34 heavy (non-hydrogen) atoms. The van der Waals surface area contributed by atoms with Gasteiger partial charge in [-0.3, -0.25) is 9.69 Å². The molecular weight excluding hydrogens is 448 g/mol. The zero-order chi connectivity index (χ0) is 25.1. The summed E-state index contributed by atoms with van der Waals surface area (Å²) in [7, 11) is 0. The third-order valence-corrected chi connectivity index (χ3v) is 8.63. The normalized spacial score (nSPS) is 31.1. The number of carboxylic acid groups (broad SMARTS) is 1. The number of carbonyl (C=O) groups excluding carboxylic acids is 1. The first-order valence-electron chi connectivity index (χ1n) is 12.6. The van der Waals surface area contributed by atoms with Crippen molar-refractivity contribution < 1.29 is 14.7 Å². The van der Waals surface area contributed by atoms with E-state index in [1.54, 1.807) is 0 Å². The van der Waals surface area contributed by atoms with Crippen LogP contribution in [0.1, 0.15) is 84.8 Å². The molecular formula is C28H39ClN2O3. The summed E-state index contributed by atoms with van der Waals surface area (Å²) in [4.78, 5) is 26.3. The van der Waals surface area contributed by atoms with Crippen molar-refractivity contribution >= 4 is 23.6 Å². The van der Waals surface area contributed by atoms with E-state index < -0.39 is 11.5 Å². The lowest BCUT2D eigenvalue weighted by Gasteiger charge is -2.59. The Labute approximate surface area is 208 Å². The minimum absolute atomic E-state index is 0.0891. The van der Waals surface area contributed by atoms with Crippen molar-refractivity contribution in [3.05, 3.63) is 46.1 Å². The van der Waals surface area contributed by atoms with E-state index in [4.69, 9.17) is 11.6 Å². The van der Waals surface area contributed by atoms with Gasteiger partial charge in [-0.05, 0) is 85.0 Å². The van der Waals surface area contributed by atoms with Crippen LogP contribution in [0.15, 0.2) is 30.0 Å². The van der Waals surface area contributed by atoms with E-state index in [-0.39, 0.29) is 34.7 Å². The molecule has 0 bridgehead atoms. The fraction of sp³-hybridized carbons (Fsp3) is 0.643. The van der Waals surface area contributed by atoms with Crippen LogP contribution in [0.2, 0.25) is 5.02 Å². The van der Waals surface area contributed by atoms with Crippen LogP contribution in [0.5, 0.6) is 0 Å². The molecule has 1 atom stereocenters. The zero-order valence-corrected chi connectivity index (χ0v) is 22.1. The number of urea groups is 1. The molecule has 0 unspecified atom stereocenters. The van der Waals surface area contributed by atoms with Gasteiger partial charge in [-0.15, -0.1) is 0 Å². The second-order valence-electron chi connectivity index (χ2n) is 12.6. The van der Waals surface area contributed by atoms with E-state index in [9.17, 15) is 14.7 Å². The molecule has 4 rings (SSSR count). The van der Waals surface area contributed by atoms with Gasteiger partial charge in [0, 0.05) is 17.3 Å². The smallest absolute Gasteiger partial charge is 0.322 e. The first-order chi connectivity index (χ1) is 15.7. The fourth-order valence-electron chi connectivity index (χ4n) is 6.13. The average molecular weight is 487 g/mol. The molecule has 1 aliphatic heterocycles. The molecule has 1 spiro atoms. The number of halogens is 1. The van der Waals surface area contributed by atoms with Crippen LogP contribution >= 0.6 is 11.6 Å². The second kappa shape index (κ2) is 8.58. The largest absolute Gasteiger partial charge is 0.481 e. The number of rotatable bonds is 6. The Hall–Kier alpha value is -2.01. The fourth-order valence-corrected chi connectivity index (χ4v) is 6.40. The lowest BCUT2D eigenvalue weighted by atomic mass is 9.49. The maximum absolute atomic E-state index is 13.3. The molecule has 2 amide bonds. The summed E-state index contributed by atoms with van der Waals surface area (Å²) in [5, 5.41) is 13.3. The van der Waals surface area contributed by atoms with Crippen LogP contribution in [0.4, 0.5) is 4.79 Å². The molecule has 2 aliphatic carbocycles. The molecule has 5 nitrogen and oxygen atoms in total. The Morgan fingerprint density at radius 1 is 1.24 bits per heavy atom. The average Bonchev–Trinajstić information content (AvgIpc) is 2.64. The van der Waals surface area contributed by atoms with Crippen molar-refractivity contribution in [1.29, 1.82) is 0 Å². The van der Waals surface area contributed by atoms with E-state index in [1.165, 1.54) is 0 Å². The van der Waals surface area contributed by atoms with Gasteiger partial charge in [-0.2, -0.15) is 0 Å². The van der Waals surface area contributed by atoms with Crippen molar-refractivity contribution in [2.75, 3.05) is 0 Å². The van der Waals surface area contributed by atoms with Crippen LogP contribution in [0.25, 0.3) is 0 Å². The Morgan fingerprint density at radius 2 is 1.88 bits per heavy atom. The molecule has 0 aromatic heterocycles. The summed E-state index contributed by atoms with van der Waals surface area (Å²) in [6, 6.07) is 6.28. The van der Waals surface area contributed by atoms with Crippen molar-refractivity contribution in [1.82, 2.24) is 10.2 Å². The van der Waals surface area contributed by atoms with E-state index >= 15 is 0 Å². The number of nitrogens with one attached hydrogen (secondary N) is 1. The van der Waals surface area contributed by atoms with E-state index in [2.05, 4.69) is 65.2 Å². The first kappa shape index (κ1) is 25.1. The topological polar surface area (TPSA) is 69.6 Å². The second-order valence-corrected chi connectivity index (χ2v) is 13.0. The number of hydrogen-bond donors (Lipinski definition) is 2. The van der Waals surface area contributed by atoms with Crippen molar-refractivity contribution in [3.8, 4) is 0 Å². The van der Waals surface area contributed by atoms with Crippen LogP contribution in [-0.4, -0.2) is 28.0 Å². The number of carboxylic acids is 1. The van der Waals surface area contributed by atoms with Gasteiger partial charge in [0.05, 0.1) is 11.5 Å². The molecule has 2 N–H and O–H groups in total. The molecule has 3 aliphatic rings. The highest BCUT2D eigenvalue weighted by atomic mass is 35.5. The van der Waals surface area contributed by atoms with Gasteiger partial charge in [0.15, 0.2) is 0 Å². The maximum Gasteiger partial charge on any atom is 0.322 e. The van der Waals surface area contributed by atoms with Crippen LogP contribution in [0.3, 0.4) is 0 Å². The molecule has 1 aromatic carbocycles. The van der Waals surface area contributed by atoms with Crippen molar-refractivity contribution in [3.63, 3.8) is 0 Å². The van der Waals surface area contributed by atoms with Gasteiger partial charge < -0.3 is 10.4 Å². The van der Waals surface area contributed by atoms with Crippen molar-refractivity contribution in [2.24, 2.45) is 22.7 Å². The van der Waals surface area contributed by atoms with Gasteiger partial charge >= 0.3 is 12.0 Å².